The molecule has 2 rings (SSSR count). The van der Waals surface area contributed by atoms with E-state index in [1.54, 1.807) is 6.08 Å². The average Bonchev–Trinajstić information content (AvgIpc) is 2.36. The Kier molecular flexibility index (Phi) is 6.92. The van der Waals surface area contributed by atoms with Crippen LogP contribution in [0.15, 0.2) is 58.1 Å². The van der Waals surface area contributed by atoms with Crippen molar-refractivity contribution < 1.29 is 39.5 Å². The van der Waals surface area contributed by atoms with Crippen molar-refractivity contribution in [3.05, 3.63) is 63.7 Å². The van der Waals surface area contributed by atoms with E-state index in [-0.39, 0.29) is 36.0 Å². The molecule has 20 heavy (non-hydrogen) atoms. The molecule has 1 aromatic carbocycles. The molecule has 1 atom stereocenters. The summed E-state index contributed by atoms with van der Waals surface area (Å²) in [6, 6.07) is 7.43. The van der Waals surface area contributed by atoms with Crippen LogP contribution in [0, 0.1) is 0 Å². The minimum absolute atomic E-state index is 0. The predicted molar refractivity (Wildman–Crippen MR) is 76.9 cm³/mol. The third-order valence-electron chi connectivity index (χ3n) is 2.91. The van der Waals surface area contributed by atoms with Gasteiger partial charge in [-0.25, -0.2) is 0 Å². The van der Waals surface area contributed by atoms with Crippen LogP contribution in [0.25, 0.3) is 6.08 Å². The standard InChI is InChI=1S/C15H14BrNO2.Na/c16-13-6-4-10(5-7-13)8-11-2-1-3-12(15(11)17)9-14(18)19;/h1-8,15H,9,17H2,(H,18,19);/q;+1/p-1. The van der Waals surface area contributed by atoms with Crippen LogP contribution < -0.4 is 40.4 Å². The minimum Gasteiger partial charge on any atom is -0.550 e. The molecule has 0 spiro atoms. The van der Waals surface area contributed by atoms with Gasteiger partial charge in [0.15, 0.2) is 0 Å². The monoisotopic (exact) mass is 341 g/mol. The molecule has 0 radical (unpaired) electrons. The second-order valence-electron chi connectivity index (χ2n) is 4.32. The molecule has 98 valence electrons. The van der Waals surface area contributed by atoms with Gasteiger partial charge in [-0.3, -0.25) is 0 Å². The first-order chi connectivity index (χ1) is 9.06. The van der Waals surface area contributed by atoms with Gasteiger partial charge < -0.3 is 15.6 Å². The molecule has 0 fully saturated rings. The summed E-state index contributed by atoms with van der Waals surface area (Å²) in [6.45, 7) is 0. The van der Waals surface area contributed by atoms with Gasteiger partial charge in [0, 0.05) is 16.9 Å². The first kappa shape index (κ1) is 17.4. The number of carboxylic acid groups (broad SMARTS) is 1. The van der Waals surface area contributed by atoms with Crippen molar-refractivity contribution >= 4 is 28.0 Å². The maximum absolute atomic E-state index is 10.7. The first-order valence-corrected chi connectivity index (χ1v) is 6.65. The first-order valence-electron chi connectivity index (χ1n) is 5.86. The third kappa shape index (κ3) is 4.72. The molecule has 0 aliphatic heterocycles. The van der Waals surface area contributed by atoms with Crippen LogP contribution in [-0.2, 0) is 4.79 Å². The number of halogens is 1. The fraction of sp³-hybridized carbons (Fsp3) is 0.133. The molecule has 0 saturated carbocycles. The molecule has 0 heterocycles. The molecule has 0 amide bonds. The van der Waals surface area contributed by atoms with E-state index in [2.05, 4.69) is 15.9 Å². The fourth-order valence-corrected chi connectivity index (χ4v) is 2.19. The normalized spacial score (nSPS) is 19.4. The van der Waals surface area contributed by atoms with E-state index in [4.69, 9.17) is 5.73 Å². The Morgan fingerprint density at radius 2 is 2.00 bits per heavy atom. The second-order valence-corrected chi connectivity index (χ2v) is 5.24. The molecular formula is C15H13BrNNaO2. The number of hydrogen-bond donors (Lipinski definition) is 1. The van der Waals surface area contributed by atoms with Crippen LogP contribution in [0.2, 0.25) is 0 Å². The van der Waals surface area contributed by atoms with E-state index in [1.807, 2.05) is 42.5 Å². The zero-order valence-corrected chi connectivity index (χ0v) is 14.8. The van der Waals surface area contributed by atoms with E-state index in [0.717, 1.165) is 15.6 Å². The molecule has 0 aromatic heterocycles. The number of carbonyl (C=O) groups excluding carboxylic acids is 1. The summed E-state index contributed by atoms with van der Waals surface area (Å²) in [4.78, 5) is 10.7. The van der Waals surface area contributed by atoms with Gasteiger partial charge in [0.25, 0.3) is 0 Å². The molecule has 1 unspecified atom stereocenters. The van der Waals surface area contributed by atoms with Crippen molar-refractivity contribution in [1.29, 1.82) is 0 Å². The van der Waals surface area contributed by atoms with Gasteiger partial charge in [0.05, 0.1) is 6.04 Å². The van der Waals surface area contributed by atoms with E-state index < -0.39 is 12.0 Å². The molecule has 2 N–H and O–H groups in total. The number of nitrogens with two attached hydrogens (primary N) is 1. The van der Waals surface area contributed by atoms with E-state index in [0.29, 0.717) is 5.57 Å². The Hall–Kier alpha value is -0.650. The topological polar surface area (TPSA) is 66.2 Å². The van der Waals surface area contributed by atoms with E-state index in [1.165, 1.54) is 0 Å². The number of aliphatic carboxylic acids is 1. The summed E-state index contributed by atoms with van der Waals surface area (Å²) in [6.07, 6.45) is 7.26. The minimum atomic E-state index is -1.11. The van der Waals surface area contributed by atoms with Gasteiger partial charge in [0.2, 0.25) is 0 Å². The molecular weight excluding hydrogens is 329 g/mol. The number of allylic oxidation sites excluding steroid dienone is 2. The summed E-state index contributed by atoms with van der Waals surface area (Å²) in [5.41, 5.74) is 8.63. The van der Waals surface area contributed by atoms with Crippen LogP contribution in [-0.4, -0.2) is 12.0 Å². The van der Waals surface area contributed by atoms with Crippen molar-refractivity contribution in [2.45, 2.75) is 12.5 Å². The summed E-state index contributed by atoms with van der Waals surface area (Å²) >= 11 is 3.38. The average molecular weight is 342 g/mol. The number of carbonyl (C=O) groups is 1. The van der Waals surface area contributed by atoms with Crippen molar-refractivity contribution in [2.75, 3.05) is 0 Å². The molecule has 1 aromatic rings. The maximum atomic E-state index is 10.7. The zero-order valence-electron chi connectivity index (χ0n) is 11.2. The largest absolute Gasteiger partial charge is 1.00 e. The van der Waals surface area contributed by atoms with Crippen LogP contribution in [0.1, 0.15) is 12.0 Å². The van der Waals surface area contributed by atoms with Gasteiger partial charge in [-0.15, -0.1) is 0 Å². The number of carboxylic acids is 1. The molecule has 0 bridgehead atoms. The van der Waals surface area contributed by atoms with E-state index in [9.17, 15) is 9.90 Å². The van der Waals surface area contributed by atoms with Gasteiger partial charge in [-0.2, -0.15) is 0 Å². The summed E-state index contributed by atoms with van der Waals surface area (Å²) in [5.74, 6) is -1.11. The zero-order chi connectivity index (χ0) is 13.8. The van der Waals surface area contributed by atoms with E-state index >= 15 is 0 Å². The smallest absolute Gasteiger partial charge is 0.550 e. The van der Waals surface area contributed by atoms with Gasteiger partial charge in [-0.1, -0.05) is 46.3 Å². The molecule has 3 nitrogen and oxygen atoms in total. The van der Waals surface area contributed by atoms with Crippen molar-refractivity contribution in [3.8, 4) is 0 Å². The van der Waals surface area contributed by atoms with Crippen LogP contribution >= 0.6 is 15.9 Å². The molecule has 1 aliphatic rings. The van der Waals surface area contributed by atoms with Crippen molar-refractivity contribution in [2.24, 2.45) is 5.73 Å². The predicted octanol–water partition coefficient (Wildman–Crippen LogP) is -1.20. The van der Waals surface area contributed by atoms with Gasteiger partial charge in [0.1, 0.15) is 0 Å². The SMILES string of the molecule is NC1C(=Cc2ccc(Br)cc2)C=CC=C1CC(=O)[O-].[Na+]. The van der Waals surface area contributed by atoms with Crippen molar-refractivity contribution in [1.82, 2.24) is 0 Å². The summed E-state index contributed by atoms with van der Waals surface area (Å²) in [5, 5.41) is 10.7. The Morgan fingerprint density at radius 1 is 1.35 bits per heavy atom. The number of rotatable bonds is 3. The van der Waals surface area contributed by atoms with Crippen LogP contribution in [0.4, 0.5) is 0 Å². The van der Waals surface area contributed by atoms with Gasteiger partial charge >= 0.3 is 29.6 Å². The quantitative estimate of drug-likeness (QED) is 0.702. The number of hydrogen-bond acceptors (Lipinski definition) is 3. The number of benzene rings is 1. The van der Waals surface area contributed by atoms with Crippen molar-refractivity contribution in [3.63, 3.8) is 0 Å². The van der Waals surface area contributed by atoms with Gasteiger partial charge in [-0.05, 0) is 34.9 Å². The third-order valence-corrected chi connectivity index (χ3v) is 3.44. The molecule has 0 saturated heterocycles. The Bertz CT molecular complexity index is 576. The Morgan fingerprint density at radius 3 is 2.60 bits per heavy atom. The summed E-state index contributed by atoms with van der Waals surface area (Å²) < 4.78 is 1.01. The van der Waals surface area contributed by atoms with Crippen LogP contribution in [0.5, 0.6) is 0 Å². The Balaban J connectivity index is 0.00000200. The fourth-order valence-electron chi connectivity index (χ4n) is 1.93. The Labute approximate surface area is 148 Å². The second kappa shape index (κ2) is 7.96. The molecule has 1 aliphatic carbocycles. The summed E-state index contributed by atoms with van der Waals surface area (Å²) in [7, 11) is 0. The maximum Gasteiger partial charge on any atom is 1.00 e. The molecule has 5 heteroatoms. The van der Waals surface area contributed by atoms with Crippen LogP contribution in [0.3, 0.4) is 0 Å².